The summed E-state index contributed by atoms with van der Waals surface area (Å²) < 4.78 is 5.46. The van der Waals surface area contributed by atoms with Crippen molar-refractivity contribution in [3.8, 4) is 0 Å². The number of aliphatic carboxylic acids is 1. The number of carboxylic acid groups (broad SMARTS) is 1. The number of nitrogens with one attached hydrogen (secondary N) is 1. The van der Waals surface area contributed by atoms with Gasteiger partial charge in [0.25, 0.3) is 0 Å². The van der Waals surface area contributed by atoms with E-state index >= 15 is 0 Å². The lowest BCUT2D eigenvalue weighted by atomic mass is 10.1. The highest BCUT2D eigenvalue weighted by Crippen LogP contribution is 2.29. The maximum absolute atomic E-state index is 12.7. The first-order valence-corrected chi connectivity index (χ1v) is 9.20. The second-order valence-electron chi connectivity index (χ2n) is 6.72. The smallest absolute Gasteiger partial charge is 0.412 e. The van der Waals surface area contributed by atoms with Crippen LogP contribution in [0.2, 0.25) is 0 Å². The third-order valence-electron chi connectivity index (χ3n) is 3.64. The molecule has 0 radical (unpaired) electrons. The average molecular weight is 352 g/mol. The third kappa shape index (κ3) is 4.35. The molecule has 132 valence electrons. The van der Waals surface area contributed by atoms with Gasteiger partial charge in [-0.25, -0.2) is 9.59 Å². The Kier molecular flexibility index (Phi) is 5.64. The minimum atomic E-state index is -1.03. The number of carboxylic acids is 1. The van der Waals surface area contributed by atoms with Crippen molar-refractivity contribution >= 4 is 29.5 Å². The third-order valence-corrected chi connectivity index (χ3v) is 4.29. The van der Waals surface area contributed by atoms with E-state index < -0.39 is 29.9 Å². The molecule has 1 amide bonds. The van der Waals surface area contributed by atoms with Crippen molar-refractivity contribution in [3.05, 3.63) is 29.8 Å². The monoisotopic (exact) mass is 352 g/mol. The van der Waals surface area contributed by atoms with Gasteiger partial charge in [-0.1, -0.05) is 18.2 Å². The number of fused-ring (bicyclic) bond motifs is 1. The van der Waals surface area contributed by atoms with Gasteiger partial charge in [0.2, 0.25) is 0 Å². The predicted octanol–water partition coefficient (Wildman–Crippen LogP) is 3.03. The molecule has 1 aromatic rings. The Balaban J connectivity index is 2.29. The summed E-state index contributed by atoms with van der Waals surface area (Å²) in [7, 11) is 0. The SMILES string of the molecule is CSC[C@@H](C(=O)O)N(C(=O)OC(C)(C)C)C1Cc2ccccc2N1. The summed E-state index contributed by atoms with van der Waals surface area (Å²) in [6, 6.07) is 6.77. The number of ether oxygens (including phenoxy) is 1. The molecule has 0 saturated heterocycles. The maximum atomic E-state index is 12.7. The number of nitrogens with zero attached hydrogens (tertiary/aromatic N) is 1. The van der Waals surface area contributed by atoms with E-state index in [4.69, 9.17) is 4.74 Å². The quantitative estimate of drug-likeness (QED) is 0.848. The Morgan fingerprint density at radius 3 is 2.62 bits per heavy atom. The van der Waals surface area contributed by atoms with Crippen molar-refractivity contribution in [3.63, 3.8) is 0 Å². The molecule has 0 fully saturated rings. The van der Waals surface area contributed by atoms with Crippen LogP contribution in [0.1, 0.15) is 26.3 Å². The molecule has 2 rings (SSSR count). The molecule has 0 saturated carbocycles. The molecule has 2 atom stereocenters. The van der Waals surface area contributed by atoms with E-state index in [1.807, 2.05) is 30.5 Å². The molecular formula is C17H24N2O4S. The van der Waals surface area contributed by atoms with Crippen molar-refractivity contribution in [2.24, 2.45) is 0 Å². The van der Waals surface area contributed by atoms with Crippen LogP contribution < -0.4 is 5.32 Å². The van der Waals surface area contributed by atoms with Gasteiger partial charge in [-0.2, -0.15) is 11.8 Å². The number of amides is 1. The molecule has 1 heterocycles. The van der Waals surface area contributed by atoms with Gasteiger partial charge in [-0.15, -0.1) is 0 Å². The summed E-state index contributed by atoms with van der Waals surface area (Å²) in [5, 5.41) is 12.9. The molecule has 1 aromatic carbocycles. The number of hydrogen-bond donors (Lipinski definition) is 2. The summed E-state index contributed by atoms with van der Waals surface area (Å²) in [5.41, 5.74) is 1.29. The standard InChI is InChI=1S/C17H24N2O4S/c1-17(2,3)23-16(22)19(13(10-24-4)15(20)21)14-9-11-7-5-6-8-12(11)18-14/h5-8,13-14,18H,9-10H2,1-4H3,(H,20,21)/t13-,14?/m0/s1. The number of rotatable bonds is 5. The normalized spacial score (nSPS) is 17.6. The lowest BCUT2D eigenvalue weighted by Gasteiger charge is -2.35. The highest BCUT2D eigenvalue weighted by atomic mass is 32.2. The molecule has 2 N–H and O–H groups in total. The van der Waals surface area contributed by atoms with Crippen LogP contribution >= 0.6 is 11.8 Å². The van der Waals surface area contributed by atoms with Crippen molar-refractivity contribution in [1.29, 1.82) is 0 Å². The van der Waals surface area contributed by atoms with Gasteiger partial charge in [-0.05, 0) is 38.7 Å². The van der Waals surface area contributed by atoms with Gasteiger partial charge >= 0.3 is 12.1 Å². The van der Waals surface area contributed by atoms with Crippen LogP contribution in [0.15, 0.2) is 24.3 Å². The molecule has 6 nitrogen and oxygen atoms in total. The number of carbonyl (C=O) groups excluding carboxylic acids is 1. The first-order chi connectivity index (χ1) is 11.2. The van der Waals surface area contributed by atoms with Gasteiger partial charge in [0.1, 0.15) is 17.8 Å². The Hall–Kier alpha value is -1.89. The fraction of sp³-hybridized carbons (Fsp3) is 0.529. The summed E-state index contributed by atoms with van der Waals surface area (Å²) in [4.78, 5) is 25.8. The second kappa shape index (κ2) is 7.34. The zero-order valence-corrected chi connectivity index (χ0v) is 15.2. The van der Waals surface area contributed by atoms with Crippen LogP contribution in [0.3, 0.4) is 0 Å². The topological polar surface area (TPSA) is 78.9 Å². The first kappa shape index (κ1) is 18.4. The molecule has 0 bridgehead atoms. The molecule has 1 aliphatic heterocycles. The summed E-state index contributed by atoms with van der Waals surface area (Å²) in [5.74, 6) is -0.740. The molecule has 0 aliphatic carbocycles. The van der Waals surface area contributed by atoms with E-state index in [0.29, 0.717) is 12.2 Å². The van der Waals surface area contributed by atoms with E-state index in [1.165, 1.54) is 16.7 Å². The predicted molar refractivity (Wildman–Crippen MR) is 95.4 cm³/mol. The zero-order chi connectivity index (χ0) is 17.9. The molecule has 0 spiro atoms. The Morgan fingerprint density at radius 1 is 1.42 bits per heavy atom. The van der Waals surface area contributed by atoms with Crippen LogP contribution in [0.25, 0.3) is 0 Å². The zero-order valence-electron chi connectivity index (χ0n) is 14.4. The Labute approximate surface area is 146 Å². The average Bonchev–Trinajstić information content (AvgIpc) is 2.87. The molecule has 1 unspecified atom stereocenters. The number of benzene rings is 1. The van der Waals surface area contributed by atoms with E-state index in [9.17, 15) is 14.7 Å². The second-order valence-corrected chi connectivity index (χ2v) is 7.63. The van der Waals surface area contributed by atoms with Crippen LogP contribution in [0.4, 0.5) is 10.5 Å². The lowest BCUT2D eigenvalue weighted by molar-refractivity contribution is -0.142. The molecule has 1 aliphatic rings. The van der Waals surface area contributed by atoms with Crippen LogP contribution in [0.5, 0.6) is 0 Å². The fourth-order valence-electron chi connectivity index (χ4n) is 2.66. The Morgan fingerprint density at radius 2 is 2.08 bits per heavy atom. The summed E-state index contributed by atoms with van der Waals surface area (Å²) in [6.45, 7) is 5.30. The number of para-hydroxylation sites is 1. The highest BCUT2D eigenvalue weighted by molar-refractivity contribution is 7.98. The molecular weight excluding hydrogens is 328 g/mol. The van der Waals surface area contributed by atoms with E-state index in [-0.39, 0.29) is 0 Å². The highest BCUT2D eigenvalue weighted by Gasteiger charge is 2.40. The van der Waals surface area contributed by atoms with E-state index in [2.05, 4.69) is 5.32 Å². The molecule has 7 heteroatoms. The largest absolute Gasteiger partial charge is 0.480 e. The molecule has 0 aromatic heterocycles. The van der Waals surface area contributed by atoms with Crippen LogP contribution in [-0.2, 0) is 16.0 Å². The number of carbonyl (C=O) groups is 2. The minimum absolute atomic E-state index is 0.295. The lowest BCUT2D eigenvalue weighted by Crippen LogP contribution is -2.55. The number of thioether (sulfide) groups is 1. The van der Waals surface area contributed by atoms with Crippen molar-refractivity contribution in [2.45, 2.75) is 45.0 Å². The summed E-state index contributed by atoms with van der Waals surface area (Å²) in [6.07, 6.45) is 1.31. The van der Waals surface area contributed by atoms with Crippen molar-refractivity contribution in [2.75, 3.05) is 17.3 Å². The van der Waals surface area contributed by atoms with Gasteiger partial charge < -0.3 is 15.2 Å². The van der Waals surface area contributed by atoms with Gasteiger partial charge in [0.15, 0.2) is 0 Å². The van der Waals surface area contributed by atoms with Crippen LogP contribution in [-0.4, -0.2) is 51.9 Å². The van der Waals surface area contributed by atoms with Gasteiger partial charge in [0, 0.05) is 17.9 Å². The van der Waals surface area contributed by atoms with Gasteiger partial charge in [-0.3, -0.25) is 4.90 Å². The van der Waals surface area contributed by atoms with Crippen LogP contribution in [0, 0.1) is 0 Å². The van der Waals surface area contributed by atoms with Crippen molar-refractivity contribution in [1.82, 2.24) is 4.90 Å². The maximum Gasteiger partial charge on any atom is 0.412 e. The van der Waals surface area contributed by atoms with Gasteiger partial charge in [0.05, 0.1) is 0 Å². The first-order valence-electron chi connectivity index (χ1n) is 7.80. The summed E-state index contributed by atoms with van der Waals surface area (Å²) >= 11 is 1.39. The van der Waals surface area contributed by atoms with Crippen molar-refractivity contribution < 1.29 is 19.4 Å². The van der Waals surface area contributed by atoms with E-state index in [1.54, 1.807) is 20.8 Å². The Bertz CT molecular complexity index is 590. The number of hydrogen-bond acceptors (Lipinski definition) is 5. The van der Waals surface area contributed by atoms with E-state index in [0.717, 1.165) is 11.3 Å². The molecule has 24 heavy (non-hydrogen) atoms. The fourth-order valence-corrected chi connectivity index (χ4v) is 3.28. The minimum Gasteiger partial charge on any atom is -0.480 e. The number of anilines is 1.